The quantitative estimate of drug-likeness (QED) is 0.553. The van der Waals surface area contributed by atoms with Gasteiger partial charge in [-0.05, 0) is 38.4 Å². The van der Waals surface area contributed by atoms with Crippen molar-refractivity contribution in [2.24, 2.45) is 0 Å². The standard InChI is InChI=1S/C24H33NO3/c1-6-24(19-28-20(2)26,22-15-11-8-12-16-22)25(5)23(3,4)18-27-17-21-13-9-7-10-14-21/h7-16H,6,17-19H2,1-5H3. The molecule has 0 aliphatic heterocycles. The highest BCUT2D eigenvalue weighted by Gasteiger charge is 2.43. The molecule has 1 atom stereocenters. The minimum atomic E-state index is -0.424. The lowest BCUT2D eigenvalue weighted by Crippen LogP contribution is -2.58. The molecule has 0 N–H and O–H groups in total. The summed E-state index contributed by atoms with van der Waals surface area (Å²) < 4.78 is 11.6. The highest BCUT2D eigenvalue weighted by atomic mass is 16.5. The molecule has 2 aromatic rings. The van der Waals surface area contributed by atoms with Gasteiger partial charge in [-0.1, -0.05) is 67.6 Å². The topological polar surface area (TPSA) is 38.8 Å². The van der Waals surface area contributed by atoms with Crippen LogP contribution in [0.2, 0.25) is 0 Å². The summed E-state index contributed by atoms with van der Waals surface area (Å²) in [5.41, 5.74) is 1.61. The van der Waals surface area contributed by atoms with Crippen LogP contribution in [0.4, 0.5) is 0 Å². The lowest BCUT2D eigenvalue weighted by atomic mass is 9.83. The Balaban J connectivity index is 2.21. The minimum Gasteiger partial charge on any atom is -0.464 e. The SMILES string of the molecule is CCC(COC(C)=O)(c1ccccc1)N(C)C(C)(C)COCc1ccccc1. The van der Waals surface area contributed by atoms with Gasteiger partial charge in [0.1, 0.15) is 6.61 Å². The maximum atomic E-state index is 11.6. The molecule has 0 aliphatic carbocycles. The zero-order valence-corrected chi connectivity index (χ0v) is 17.8. The Morgan fingerprint density at radius 3 is 2.07 bits per heavy atom. The van der Waals surface area contributed by atoms with Gasteiger partial charge in [0.25, 0.3) is 0 Å². The van der Waals surface area contributed by atoms with Crippen LogP contribution in [0.1, 0.15) is 45.2 Å². The lowest BCUT2D eigenvalue weighted by molar-refractivity contribution is -0.149. The summed E-state index contributed by atoms with van der Waals surface area (Å²) in [7, 11) is 2.09. The predicted octanol–water partition coefficient (Wildman–Crippen LogP) is 4.78. The minimum absolute atomic E-state index is 0.263. The first-order valence-electron chi connectivity index (χ1n) is 9.86. The van der Waals surface area contributed by atoms with E-state index in [9.17, 15) is 4.79 Å². The first-order valence-corrected chi connectivity index (χ1v) is 9.86. The fourth-order valence-corrected chi connectivity index (χ4v) is 3.56. The van der Waals surface area contributed by atoms with Crippen molar-refractivity contribution < 1.29 is 14.3 Å². The Hall–Kier alpha value is -2.17. The Morgan fingerprint density at radius 1 is 0.964 bits per heavy atom. The Labute approximate surface area is 169 Å². The molecular weight excluding hydrogens is 350 g/mol. The number of rotatable bonds is 10. The van der Waals surface area contributed by atoms with Crippen LogP contribution >= 0.6 is 0 Å². The highest BCUT2D eigenvalue weighted by Crippen LogP contribution is 2.36. The number of nitrogens with zero attached hydrogens (tertiary/aromatic N) is 1. The molecular formula is C24H33NO3. The number of carbonyl (C=O) groups is 1. The third-order valence-electron chi connectivity index (χ3n) is 5.53. The molecule has 0 aliphatic rings. The molecule has 152 valence electrons. The maximum Gasteiger partial charge on any atom is 0.302 e. The molecule has 0 amide bonds. The third-order valence-corrected chi connectivity index (χ3v) is 5.53. The van der Waals surface area contributed by atoms with Crippen LogP contribution in [-0.2, 0) is 26.4 Å². The van der Waals surface area contributed by atoms with Crippen molar-refractivity contribution in [1.82, 2.24) is 4.90 Å². The summed E-state index contributed by atoms with van der Waals surface area (Å²) in [6, 6.07) is 20.4. The number of carbonyl (C=O) groups excluding carboxylic acids is 1. The second kappa shape index (κ2) is 9.85. The van der Waals surface area contributed by atoms with Crippen molar-refractivity contribution in [3.63, 3.8) is 0 Å². The molecule has 0 saturated heterocycles. The zero-order valence-electron chi connectivity index (χ0n) is 17.8. The molecule has 0 saturated carbocycles. The van der Waals surface area contributed by atoms with Crippen molar-refractivity contribution >= 4 is 5.97 Å². The molecule has 0 radical (unpaired) electrons. The van der Waals surface area contributed by atoms with Gasteiger partial charge in [-0.15, -0.1) is 0 Å². The van der Waals surface area contributed by atoms with Gasteiger partial charge in [0.05, 0.1) is 18.8 Å². The number of ether oxygens (including phenoxy) is 2. The van der Waals surface area contributed by atoms with Crippen LogP contribution in [0.25, 0.3) is 0 Å². The normalized spacial score (nSPS) is 13.9. The average Bonchev–Trinajstić information content (AvgIpc) is 2.70. The summed E-state index contributed by atoms with van der Waals surface area (Å²) >= 11 is 0. The Morgan fingerprint density at radius 2 is 1.54 bits per heavy atom. The van der Waals surface area contributed by atoms with Crippen molar-refractivity contribution in [1.29, 1.82) is 0 Å². The molecule has 28 heavy (non-hydrogen) atoms. The van der Waals surface area contributed by atoms with E-state index >= 15 is 0 Å². The summed E-state index contributed by atoms with van der Waals surface area (Å²) in [6.07, 6.45) is 0.808. The summed E-state index contributed by atoms with van der Waals surface area (Å²) in [6.45, 7) is 9.37. The smallest absolute Gasteiger partial charge is 0.302 e. The highest BCUT2D eigenvalue weighted by molar-refractivity contribution is 5.66. The van der Waals surface area contributed by atoms with Gasteiger partial charge in [-0.25, -0.2) is 0 Å². The molecule has 4 heteroatoms. The molecule has 2 rings (SSSR count). The summed E-state index contributed by atoms with van der Waals surface area (Å²) in [4.78, 5) is 13.9. The van der Waals surface area contributed by atoms with E-state index in [2.05, 4.69) is 57.0 Å². The van der Waals surface area contributed by atoms with Crippen LogP contribution in [0.3, 0.4) is 0 Å². The molecule has 0 spiro atoms. The molecule has 4 nitrogen and oxygen atoms in total. The first-order chi connectivity index (χ1) is 13.3. The van der Waals surface area contributed by atoms with E-state index in [0.717, 1.165) is 17.5 Å². The van der Waals surface area contributed by atoms with Gasteiger partial charge in [0.2, 0.25) is 0 Å². The zero-order chi connectivity index (χ0) is 20.6. The van der Waals surface area contributed by atoms with Crippen molar-refractivity contribution in [3.8, 4) is 0 Å². The fourth-order valence-electron chi connectivity index (χ4n) is 3.56. The number of hydrogen-bond acceptors (Lipinski definition) is 4. The molecule has 0 heterocycles. The second-order valence-corrected chi connectivity index (χ2v) is 7.88. The summed E-state index contributed by atoms with van der Waals surface area (Å²) in [5.74, 6) is -0.264. The monoisotopic (exact) mass is 383 g/mol. The van der Waals surface area contributed by atoms with Crippen LogP contribution < -0.4 is 0 Å². The number of benzene rings is 2. The van der Waals surface area contributed by atoms with E-state index in [1.807, 2.05) is 36.4 Å². The van der Waals surface area contributed by atoms with E-state index < -0.39 is 5.54 Å². The van der Waals surface area contributed by atoms with Gasteiger partial charge in [0, 0.05) is 12.5 Å². The van der Waals surface area contributed by atoms with Gasteiger partial charge >= 0.3 is 5.97 Å². The molecule has 0 fully saturated rings. The first kappa shape index (κ1) is 22.1. The molecule has 0 aromatic heterocycles. The van der Waals surface area contributed by atoms with Crippen molar-refractivity contribution in [3.05, 3.63) is 71.8 Å². The van der Waals surface area contributed by atoms with E-state index in [1.165, 1.54) is 6.92 Å². The van der Waals surface area contributed by atoms with E-state index in [-0.39, 0.29) is 11.5 Å². The van der Waals surface area contributed by atoms with Crippen molar-refractivity contribution in [2.75, 3.05) is 20.3 Å². The van der Waals surface area contributed by atoms with Gasteiger partial charge < -0.3 is 9.47 Å². The van der Waals surface area contributed by atoms with Crippen LogP contribution in [0.5, 0.6) is 0 Å². The van der Waals surface area contributed by atoms with Crippen molar-refractivity contribution in [2.45, 2.75) is 51.8 Å². The second-order valence-electron chi connectivity index (χ2n) is 7.88. The van der Waals surface area contributed by atoms with E-state index in [4.69, 9.17) is 9.47 Å². The Kier molecular flexibility index (Phi) is 7.78. The molecule has 2 aromatic carbocycles. The number of esters is 1. The number of likely N-dealkylation sites (N-methyl/N-ethyl adjacent to an activating group) is 1. The van der Waals surface area contributed by atoms with Crippen LogP contribution in [-0.4, -0.2) is 36.7 Å². The average molecular weight is 384 g/mol. The maximum absolute atomic E-state index is 11.6. The van der Waals surface area contributed by atoms with Gasteiger partial charge in [0.15, 0.2) is 0 Å². The van der Waals surface area contributed by atoms with Crippen LogP contribution in [0.15, 0.2) is 60.7 Å². The predicted molar refractivity (Wildman–Crippen MR) is 113 cm³/mol. The lowest BCUT2D eigenvalue weighted by Gasteiger charge is -2.49. The van der Waals surface area contributed by atoms with E-state index in [0.29, 0.717) is 19.8 Å². The Bertz CT molecular complexity index is 730. The third kappa shape index (κ3) is 5.43. The van der Waals surface area contributed by atoms with Gasteiger partial charge in [-0.3, -0.25) is 9.69 Å². The summed E-state index contributed by atoms with van der Waals surface area (Å²) in [5, 5.41) is 0. The van der Waals surface area contributed by atoms with Gasteiger partial charge in [-0.2, -0.15) is 0 Å². The van der Waals surface area contributed by atoms with Crippen LogP contribution in [0, 0.1) is 0 Å². The fraction of sp³-hybridized carbons (Fsp3) is 0.458. The largest absolute Gasteiger partial charge is 0.464 e. The van der Waals surface area contributed by atoms with E-state index in [1.54, 1.807) is 0 Å². The molecule has 1 unspecified atom stereocenters. The molecule has 0 bridgehead atoms. The number of hydrogen-bond donors (Lipinski definition) is 0.